The van der Waals surface area contributed by atoms with Gasteiger partial charge in [0.2, 0.25) is 0 Å². The summed E-state index contributed by atoms with van der Waals surface area (Å²) in [5, 5.41) is 11.7. The van der Waals surface area contributed by atoms with Crippen LogP contribution in [-0.2, 0) is 14.3 Å². The van der Waals surface area contributed by atoms with Gasteiger partial charge in [-0.3, -0.25) is 4.79 Å². The van der Waals surface area contributed by atoms with Gasteiger partial charge in [0.05, 0.1) is 18.3 Å². The number of rotatable bonds is 7. The number of carboxylic acids is 1. The van der Waals surface area contributed by atoms with Gasteiger partial charge >= 0.3 is 5.97 Å². The van der Waals surface area contributed by atoms with E-state index in [0.717, 1.165) is 36.2 Å². The first kappa shape index (κ1) is 23.5. The summed E-state index contributed by atoms with van der Waals surface area (Å²) in [6, 6.07) is 0. The molecule has 0 heterocycles. The first-order valence-electron chi connectivity index (χ1n) is 12.2. The van der Waals surface area contributed by atoms with Crippen LogP contribution in [0.4, 0.5) is 4.39 Å². The Balaban J connectivity index is 1.43. The second-order valence-corrected chi connectivity index (χ2v) is 11.9. The Labute approximate surface area is 190 Å². The third-order valence-corrected chi connectivity index (χ3v) is 7.93. The van der Waals surface area contributed by atoms with Gasteiger partial charge in [0.25, 0.3) is 5.91 Å². The van der Waals surface area contributed by atoms with Crippen LogP contribution >= 0.6 is 0 Å². The van der Waals surface area contributed by atoms with E-state index in [4.69, 9.17) is 4.74 Å². The number of hydrogen-bond donors (Lipinski definition) is 2. The Morgan fingerprint density at radius 2 is 1.84 bits per heavy atom. The van der Waals surface area contributed by atoms with Crippen LogP contribution in [0.15, 0.2) is 23.0 Å². The van der Waals surface area contributed by atoms with E-state index in [2.05, 4.69) is 19.2 Å². The summed E-state index contributed by atoms with van der Waals surface area (Å²) in [5.74, 6) is 0.367. The molecule has 0 aromatic carbocycles. The monoisotopic (exact) mass is 447 g/mol. The summed E-state index contributed by atoms with van der Waals surface area (Å²) in [4.78, 5) is 24.0. The minimum atomic E-state index is -1.46. The van der Waals surface area contributed by atoms with Crippen molar-refractivity contribution in [3.63, 3.8) is 0 Å². The molecule has 3 atom stereocenters. The van der Waals surface area contributed by atoms with Crippen molar-refractivity contribution < 1.29 is 23.8 Å². The molecule has 0 aliphatic heterocycles. The lowest BCUT2D eigenvalue weighted by Crippen LogP contribution is -2.50. The van der Waals surface area contributed by atoms with E-state index >= 15 is 4.39 Å². The van der Waals surface area contributed by atoms with E-state index < -0.39 is 23.2 Å². The lowest BCUT2D eigenvalue weighted by molar-refractivity contribution is -0.145. The van der Waals surface area contributed by atoms with E-state index in [1.807, 2.05) is 0 Å². The zero-order valence-corrected chi connectivity index (χ0v) is 19.9. The second-order valence-electron chi connectivity index (χ2n) is 11.9. The van der Waals surface area contributed by atoms with Gasteiger partial charge in [-0.2, -0.15) is 0 Å². The molecule has 2 bridgehead atoms. The molecule has 178 valence electrons. The van der Waals surface area contributed by atoms with Crippen molar-refractivity contribution in [2.45, 2.75) is 90.7 Å². The number of carboxylic acid groups (broad SMARTS) is 1. The smallest absolute Gasteiger partial charge is 0.328 e. The van der Waals surface area contributed by atoms with Crippen LogP contribution in [0.2, 0.25) is 0 Å². The number of halogens is 1. The highest BCUT2D eigenvalue weighted by Crippen LogP contribution is 2.51. The normalized spacial score (nSPS) is 35.3. The van der Waals surface area contributed by atoms with E-state index in [9.17, 15) is 14.7 Å². The molecule has 32 heavy (non-hydrogen) atoms. The van der Waals surface area contributed by atoms with E-state index in [0.29, 0.717) is 12.5 Å². The Morgan fingerprint density at radius 3 is 2.41 bits per heavy atom. The number of fused-ring (bicyclic) bond motifs is 2. The van der Waals surface area contributed by atoms with Crippen LogP contribution in [0.25, 0.3) is 0 Å². The van der Waals surface area contributed by atoms with Crippen molar-refractivity contribution in [3.05, 3.63) is 23.0 Å². The van der Waals surface area contributed by atoms with Crippen molar-refractivity contribution in [2.24, 2.45) is 29.1 Å². The number of nitrogens with one attached hydrogen (secondary N) is 1. The van der Waals surface area contributed by atoms with Gasteiger partial charge in [-0.05, 0) is 99.5 Å². The molecule has 0 radical (unpaired) electrons. The van der Waals surface area contributed by atoms with E-state index in [-0.39, 0.29) is 23.5 Å². The number of ether oxygens (including phenoxy) is 1. The largest absolute Gasteiger partial charge is 0.480 e. The zero-order valence-electron chi connectivity index (χ0n) is 19.9. The molecule has 0 saturated heterocycles. The SMILES string of the molecule is CC1CC2CC(C1)CC(C)(COC1CC(F)=C(C(=O)NC(C)(C)C(=O)O)C=C1C1CC1)C2. The van der Waals surface area contributed by atoms with Crippen LogP contribution in [0.1, 0.15) is 79.1 Å². The maximum atomic E-state index is 15.0. The molecule has 2 N–H and O–H groups in total. The van der Waals surface area contributed by atoms with Gasteiger partial charge in [-0.25, -0.2) is 9.18 Å². The third-order valence-electron chi connectivity index (χ3n) is 7.93. The molecule has 6 heteroatoms. The number of carbonyl (C=O) groups is 2. The van der Waals surface area contributed by atoms with Crippen LogP contribution < -0.4 is 5.32 Å². The molecule has 3 fully saturated rings. The maximum absolute atomic E-state index is 15.0. The van der Waals surface area contributed by atoms with Crippen LogP contribution in [0, 0.1) is 29.1 Å². The van der Waals surface area contributed by atoms with E-state index in [1.54, 1.807) is 6.08 Å². The fourth-order valence-electron chi connectivity index (χ4n) is 6.40. The summed E-state index contributed by atoms with van der Waals surface area (Å²) < 4.78 is 21.4. The van der Waals surface area contributed by atoms with Crippen LogP contribution in [0.5, 0.6) is 0 Å². The Hall–Kier alpha value is -1.69. The van der Waals surface area contributed by atoms with Crippen molar-refractivity contribution >= 4 is 11.9 Å². The van der Waals surface area contributed by atoms with Crippen molar-refractivity contribution in [3.8, 4) is 0 Å². The van der Waals surface area contributed by atoms with Crippen LogP contribution in [-0.4, -0.2) is 35.2 Å². The molecule has 3 unspecified atom stereocenters. The molecule has 0 aromatic heterocycles. The highest BCUT2D eigenvalue weighted by atomic mass is 19.1. The minimum absolute atomic E-state index is 0.0477. The number of amides is 1. The summed E-state index contributed by atoms with van der Waals surface area (Å²) in [6.07, 6.45) is 9.74. The molecular weight excluding hydrogens is 409 g/mol. The summed E-state index contributed by atoms with van der Waals surface area (Å²) in [5.41, 5.74) is -0.381. The molecule has 0 aromatic rings. The van der Waals surface area contributed by atoms with Crippen molar-refractivity contribution in [1.29, 1.82) is 0 Å². The van der Waals surface area contributed by atoms with Gasteiger partial charge in [-0.1, -0.05) is 13.8 Å². The third kappa shape index (κ3) is 5.11. The number of hydrogen-bond acceptors (Lipinski definition) is 3. The first-order chi connectivity index (χ1) is 15.0. The summed E-state index contributed by atoms with van der Waals surface area (Å²) in [6.45, 7) is 8.11. The Morgan fingerprint density at radius 1 is 1.22 bits per heavy atom. The molecule has 0 spiro atoms. The lowest BCUT2D eigenvalue weighted by Gasteiger charge is -2.47. The standard InChI is InChI=1S/C26H38FNO4/c1-15-7-16-9-17(8-15)13-26(4,12-16)14-32-22-11-21(27)20(10-19(22)18-5-6-18)23(29)28-25(2,3)24(30)31/h10,15-18,22H,5-9,11-14H2,1-4H3,(H,28,29)(H,30,31). The van der Waals surface area contributed by atoms with Gasteiger partial charge in [0, 0.05) is 6.42 Å². The van der Waals surface area contributed by atoms with Gasteiger partial charge in [-0.15, -0.1) is 0 Å². The molecule has 4 aliphatic rings. The average Bonchev–Trinajstić information content (AvgIpc) is 3.49. The molecule has 1 amide bonds. The summed E-state index contributed by atoms with van der Waals surface area (Å²) >= 11 is 0. The minimum Gasteiger partial charge on any atom is -0.480 e. The van der Waals surface area contributed by atoms with Crippen molar-refractivity contribution in [1.82, 2.24) is 5.32 Å². The predicted octanol–water partition coefficient (Wildman–Crippen LogP) is 5.17. The van der Waals surface area contributed by atoms with E-state index in [1.165, 1.54) is 46.0 Å². The van der Waals surface area contributed by atoms with Crippen molar-refractivity contribution in [2.75, 3.05) is 6.61 Å². The van der Waals surface area contributed by atoms with Crippen LogP contribution in [0.3, 0.4) is 0 Å². The lowest BCUT2D eigenvalue weighted by atomic mass is 9.60. The fraction of sp³-hybridized carbons (Fsp3) is 0.769. The quantitative estimate of drug-likeness (QED) is 0.565. The Bertz CT molecular complexity index is 823. The highest BCUT2D eigenvalue weighted by molar-refractivity contribution is 6.00. The fourth-order valence-corrected chi connectivity index (χ4v) is 6.40. The number of aliphatic carboxylic acids is 1. The Kier molecular flexibility index (Phi) is 6.30. The molecule has 3 saturated carbocycles. The molecule has 4 aliphatic carbocycles. The number of carbonyl (C=O) groups excluding carboxylic acids is 1. The highest BCUT2D eigenvalue weighted by Gasteiger charge is 2.43. The first-order valence-corrected chi connectivity index (χ1v) is 12.2. The van der Waals surface area contributed by atoms with Gasteiger partial charge in [0.15, 0.2) is 0 Å². The topological polar surface area (TPSA) is 75.6 Å². The maximum Gasteiger partial charge on any atom is 0.328 e. The van der Waals surface area contributed by atoms with Gasteiger partial charge < -0.3 is 15.2 Å². The second kappa shape index (κ2) is 8.58. The summed E-state index contributed by atoms with van der Waals surface area (Å²) in [7, 11) is 0. The molecular formula is C26H38FNO4. The molecule has 5 nitrogen and oxygen atoms in total. The zero-order chi connectivity index (χ0) is 23.3. The molecule has 4 rings (SSSR count). The van der Waals surface area contributed by atoms with Gasteiger partial charge in [0.1, 0.15) is 11.4 Å². The predicted molar refractivity (Wildman–Crippen MR) is 120 cm³/mol. The average molecular weight is 448 g/mol.